The largest absolute Gasteiger partial charge is 0.490 e. The molecular formula is C23H27NO5. The first-order chi connectivity index (χ1) is 14.1. The SMILES string of the molecule is COCCOc1ccccc1C(=O)N1CCC(Cc2ccccc2C(=O)O)CC1. The van der Waals surface area contributed by atoms with Crippen molar-refractivity contribution in [2.24, 2.45) is 5.92 Å². The lowest BCUT2D eigenvalue weighted by Crippen LogP contribution is -2.39. The number of carbonyl (C=O) groups excluding carboxylic acids is 1. The lowest BCUT2D eigenvalue weighted by Gasteiger charge is -2.32. The molecule has 0 radical (unpaired) electrons. The van der Waals surface area contributed by atoms with Gasteiger partial charge in [0.25, 0.3) is 5.91 Å². The van der Waals surface area contributed by atoms with Crippen LogP contribution in [0.5, 0.6) is 5.75 Å². The van der Waals surface area contributed by atoms with Gasteiger partial charge in [0, 0.05) is 20.2 Å². The van der Waals surface area contributed by atoms with Gasteiger partial charge in [-0.05, 0) is 48.9 Å². The van der Waals surface area contributed by atoms with E-state index in [1.165, 1.54) is 0 Å². The van der Waals surface area contributed by atoms with Crippen molar-refractivity contribution in [3.8, 4) is 5.75 Å². The minimum absolute atomic E-state index is 0.0256. The highest BCUT2D eigenvalue weighted by molar-refractivity contribution is 5.97. The summed E-state index contributed by atoms with van der Waals surface area (Å²) in [5, 5.41) is 9.37. The van der Waals surface area contributed by atoms with Gasteiger partial charge in [-0.15, -0.1) is 0 Å². The number of carbonyl (C=O) groups is 2. The monoisotopic (exact) mass is 397 g/mol. The maximum Gasteiger partial charge on any atom is 0.335 e. The average molecular weight is 397 g/mol. The third-order valence-corrected chi connectivity index (χ3v) is 5.32. The van der Waals surface area contributed by atoms with Crippen LogP contribution in [0.25, 0.3) is 0 Å². The van der Waals surface area contributed by atoms with Crippen molar-refractivity contribution in [3.05, 3.63) is 65.2 Å². The predicted molar refractivity (Wildman–Crippen MR) is 110 cm³/mol. The number of carboxylic acid groups (broad SMARTS) is 1. The summed E-state index contributed by atoms with van der Waals surface area (Å²) >= 11 is 0. The Bertz CT molecular complexity index is 843. The van der Waals surface area contributed by atoms with Crippen LogP contribution in [-0.4, -0.2) is 55.3 Å². The van der Waals surface area contributed by atoms with E-state index >= 15 is 0 Å². The molecular weight excluding hydrogens is 370 g/mol. The third-order valence-electron chi connectivity index (χ3n) is 5.32. The molecule has 0 saturated carbocycles. The van der Waals surface area contributed by atoms with Crippen molar-refractivity contribution in [2.45, 2.75) is 19.3 Å². The fraction of sp³-hybridized carbons (Fsp3) is 0.391. The van der Waals surface area contributed by atoms with E-state index in [0.29, 0.717) is 49.1 Å². The van der Waals surface area contributed by atoms with Gasteiger partial charge in [-0.25, -0.2) is 4.79 Å². The highest BCUT2D eigenvalue weighted by Gasteiger charge is 2.26. The van der Waals surface area contributed by atoms with Crippen molar-refractivity contribution in [1.82, 2.24) is 4.90 Å². The molecule has 1 aliphatic rings. The molecule has 1 heterocycles. The molecule has 0 unspecified atom stereocenters. The minimum Gasteiger partial charge on any atom is -0.490 e. The Morgan fingerprint density at radius 3 is 2.34 bits per heavy atom. The number of ether oxygens (including phenoxy) is 2. The summed E-state index contributed by atoms with van der Waals surface area (Å²) in [4.78, 5) is 26.3. The van der Waals surface area contributed by atoms with E-state index in [1.807, 2.05) is 29.2 Å². The predicted octanol–water partition coefficient (Wildman–Crippen LogP) is 3.50. The van der Waals surface area contributed by atoms with Crippen LogP contribution >= 0.6 is 0 Å². The standard InChI is InChI=1S/C23H27NO5/c1-28-14-15-29-21-9-5-4-8-20(21)22(25)24-12-10-17(11-13-24)16-18-6-2-3-7-19(18)23(26)27/h2-9,17H,10-16H2,1H3,(H,26,27). The van der Waals surface area contributed by atoms with Crippen molar-refractivity contribution in [2.75, 3.05) is 33.4 Å². The number of aromatic carboxylic acids is 1. The number of hydrogen-bond donors (Lipinski definition) is 1. The number of piperidine rings is 1. The molecule has 0 atom stereocenters. The molecule has 1 aliphatic heterocycles. The third kappa shape index (κ3) is 5.35. The number of methoxy groups -OCH3 is 1. The van der Waals surface area contributed by atoms with E-state index in [4.69, 9.17) is 9.47 Å². The van der Waals surface area contributed by atoms with Gasteiger partial charge in [0.05, 0.1) is 17.7 Å². The molecule has 0 aromatic heterocycles. The lowest BCUT2D eigenvalue weighted by molar-refractivity contribution is 0.0683. The van der Waals surface area contributed by atoms with Gasteiger partial charge in [0.15, 0.2) is 0 Å². The summed E-state index contributed by atoms with van der Waals surface area (Å²) in [6, 6.07) is 14.4. The Kier molecular flexibility index (Phi) is 7.25. The summed E-state index contributed by atoms with van der Waals surface area (Å²) in [6.07, 6.45) is 2.43. The van der Waals surface area contributed by atoms with Crippen molar-refractivity contribution in [3.63, 3.8) is 0 Å². The second kappa shape index (κ2) is 10.1. The molecule has 29 heavy (non-hydrogen) atoms. The summed E-state index contributed by atoms with van der Waals surface area (Å²) in [7, 11) is 1.61. The highest BCUT2D eigenvalue weighted by Crippen LogP contribution is 2.26. The van der Waals surface area contributed by atoms with E-state index in [-0.39, 0.29) is 5.91 Å². The molecule has 0 spiro atoms. The second-order valence-corrected chi connectivity index (χ2v) is 7.24. The molecule has 0 aliphatic carbocycles. The topological polar surface area (TPSA) is 76.1 Å². The number of hydrogen-bond acceptors (Lipinski definition) is 4. The maximum absolute atomic E-state index is 13.0. The number of carboxylic acids is 1. The fourth-order valence-electron chi connectivity index (χ4n) is 3.73. The first kappa shape index (κ1) is 20.9. The quantitative estimate of drug-likeness (QED) is 0.690. The summed E-state index contributed by atoms with van der Waals surface area (Å²) in [6.45, 7) is 2.17. The number of amides is 1. The number of benzene rings is 2. The van der Waals surface area contributed by atoms with Crippen molar-refractivity contribution in [1.29, 1.82) is 0 Å². The van der Waals surface area contributed by atoms with Gasteiger partial charge in [-0.3, -0.25) is 4.79 Å². The molecule has 1 N–H and O–H groups in total. The van der Waals surface area contributed by atoms with Gasteiger partial charge >= 0.3 is 5.97 Å². The van der Waals surface area contributed by atoms with Crippen LogP contribution in [-0.2, 0) is 11.2 Å². The average Bonchev–Trinajstić information content (AvgIpc) is 2.74. The molecule has 6 nitrogen and oxygen atoms in total. The number of nitrogens with zero attached hydrogens (tertiary/aromatic N) is 1. The van der Waals surface area contributed by atoms with Crippen molar-refractivity contribution >= 4 is 11.9 Å². The van der Waals surface area contributed by atoms with Gasteiger partial charge in [0.1, 0.15) is 12.4 Å². The van der Waals surface area contributed by atoms with Gasteiger partial charge in [0.2, 0.25) is 0 Å². The first-order valence-electron chi connectivity index (χ1n) is 9.91. The highest BCUT2D eigenvalue weighted by atomic mass is 16.5. The number of likely N-dealkylation sites (tertiary alicyclic amines) is 1. The second-order valence-electron chi connectivity index (χ2n) is 7.24. The molecule has 2 aromatic rings. The number of rotatable bonds is 8. The zero-order valence-corrected chi connectivity index (χ0v) is 16.7. The van der Waals surface area contributed by atoms with E-state index in [9.17, 15) is 14.7 Å². The van der Waals surface area contributed by atoms with E-state index in [0.717, 1.165) is 24.8 Å². The smallest absolute Gasteiger partial charge is 0.335 e. The van der Waals surface area contributed by atoms with Gasteiger partial charge in [-0.1, -0.05) is 30.3 Å². The van der Waals surface area contributed by atoms with E-state index < -0.39 is 5.97 Å². The van der Waals surface area contributed by atoms with Crippen LogP contribution in [0, 0.1) is 5.92 Å². The zero-order chi connectivity index (χ0) is 20.6. The molecule has 2 aromatic carbocycles. The summed E-state index contributed by atoms with van der Waals surface area (Å²) in [5.74, 6) is 0.0282. The molecule has 6 heteroatoms. The summed E-state index contributed by atoms with van der Waals surface area (Å²) < 4.78 is 10.7. The van der Waals surface area contributed by atoms with Crippen LogP contribution in [0.3, 0.4) is 0 Å². The van der Waals surface area contributed by atoms with Crippen LogP contribution in [0.15, 0.2) is 48.5 Å². The van der Waals surface area contributed by atoms with E-state index in [1.54, 1.807) is 31.4 Å². The Morgan fingerprint density at radius 1 is 1.00 bits per heavy atom. The zero-order valence-electron chi connectivity index (χ0n) is 16.7. The summed E-state index contributed by atoms with van der Waals surface area (Å²) in [5.41, 5.74) is 1.80. The molecule has 3 rings (SSSR count). The van der Waals surface area contributed by atoms with Gasteiger partial charge < -0.3 is 19.5 Å². The number of para-hydroxylation sites is 1. The minimum atomic E-state index is -0.890. The Morgan fingerprint density at radius 2 is 1.66 bits per heavy atom. The normalized spacial score (nSPS) is 14.6. The molecule has 0 bridgehead atoms. The molecule has 1 amide bonds. The van der Waals surface area contributed by atoms with Crippen molar-refractivity contribution < 1.29 is 24.2 Å². The Labute approximate surface area is 171 Å². The van der Waals surface area contributed by atoms with Crippen LogP contribution < -0.4 is 4.74 Å². The molecule has 1 fully saturated rings. The van der Waals surface area contributed by atoms with Crippen LogP contribution in [0.4, 0.5) is 0 Å². The lowest BCUT2D eigenvalue weighted by atomic mass is 9.88. The first-order valence-corrected chi connectivity index (χ1v) is 9.91. The fourth-order valence-corrected chi connectivity index (χ4v) is 3.73. The molecule has 1 saturated heterocycles. The Hall–Kier alpha value is -2.86. The van der Waals surface area contributed by atoms with Crippen LogP contribution in [0.1, 0.15) is 39.1 Å². The maximum atomic E-state index is 13.0. The Balaban J connectivity index is 1.60. The van der Waals surface area contributed by atoms with Crippen LogP contribution in [0.2, 0.25) is 0 Å². The van der Waals surface area contributed by atoms with E-state index in [2.05, 4.69) is 0 Å². The molecule has 154 valence electrons. The van der Waals surface area contributed by atoms with Gasteiger partial charge in [-0.2, -0.15) is 0 Å².